The minimum atomic E-state index is -1.41. The van der Waals surface area contributed by atoms with E-state index in [4.69, 9.17) is 42.8 Å². The molecule has 16 heteroatoms. The third-order valence-corrected chi connectivity index (χ3v) is 14.3. The third-order valence-electron chi connectivity index (χ3n) is 13.1. The van der Waals surface area contributed by atoms with Crippen molar-refractivity contribution in [2.75, 3.05) is 19.8 Å². The van der Waals surface area contributed by atoms with Gasteiger partial charge >= 0.3 is 19.1 Å². The number of esters is 1. The van der Waals surface area contributed by atoms with Crippen molar-refractivity contribution >= 4 is 47.1 Å². The predicted octanol–water partition coefficient (Wildman–Crippen LogP) is 13.4. The van der Waals surface area contributed by atoms with Crippen molar-refractivity contribution in [2.24, 2.45) is 0 Å². The lowest BCUT2D eigenvalue weighted by molar-refractivity contribution is -0.143. The molecule has 0 bridgehead atoms. The molecule has 0 aliphatic heterocycles. The number of aliphatic carboxylic acids is 1. The normalized spacial score (nSPS) is 11.5. The van der Waals surface area contributed by atoms with Crippen LogP contribution in [0.5, 0.6) is 23.0 Å². The van der Waals surface area contributed by atoms with Crippen LogP contribution in [0.3, 0.4) is 0 Å². The molecule has 0 radical (unpaired) electrons. The summed E-state index contributed by atoms with van der Waals surface area (Å²) in [4.78, 5) is 23.4. The molecule has 0 saturated carbocycles. The molecule has 2 atom stereocenters. The zero-order chi connectivity index (χ0) is 57.4. The van der Waals surface area contributed by atoms with Gasteiger partial charge in [0.15, 0.2) is 0 Å². The number of benzene rings is 6. The zero-order valence-electron chi connectivity index (χ0n) is 46.7. The number of hydrogen-bond acceptors (Lipinski definition) is 13. The summed E-state index contributed by atoms with van der Waals surface area (Å²) in [6, 6.07) is 42.9. The van der Waals surface area contributed by atoms with Crippen LogP contribution in [0, 0.1) is 31.3 Å². The van der Waals surface area contributed by atoms with E-state index in [1.165, 1.54) is 43.9 Å². The van der Waals surface area contributed by atoms with E-state index < -0.39 is 13.1 Å². The fourth-order valence-electron chi connectivity index (χ4n) is 8.58. The Balaban J connectivity index is 0.000000211. The van der Waals surface area contributed by atoms with Crippen LogP contribution in [0.25, 0.3) is 11.1 Å². The van der Waals surface area contributed by atoms with Gasteiger partial charge in [0.25, 0.3) is 0 Å². The van der Waals surface area contributed by atoms with Crippen LogP contribution in [0.2, 0.25) is 0 Å². The zero-order valence-corrected chi connectivity index (χ0v) is 48.8. The van der Waals surface area contributed by atoms with Gasteiger partial charge in [-0.15, -0.1) is 0 Å². The summed E-state index contributed by atoms with van der Waals surface area (Å²) in [6.45, 7) is 16.9. The molecule has 0 aliphatic carbocycles. The maximum absolute atomic E-state index is 12.0. The molecule has 420 valence electrons. The van der Waals surface area contributed by atoms with Gasteiger partial charge in [-0.2, -0.15) is 0 Å². The Labute approximate surface area is 483 Å². The maximum atomic E-state index is 12.0. The van der Waals surface area contributed by atoms with Crippen molar-refractivity contribution in [3.63, 3.8) is 0 Å². The SMILES string of the molecule is CCCCOc1ccc(-c2cc(COc3ccc([C@H](CC(=O)O)c4ccon4)cc3)ccc2C)c(C)c1.CCCCOc1ccc(B(O)O)c(C)c1.CCOC(=O)C[C@@H](c1ccc(OCc2ccc(C)c(I)c2)cc1)c1ccon1. The van der Waals surface area contributed by atoms with Crippen LogP contribution in [-0.2, 0) is 27.5 Å². The maximum Gasteiger partial charge on any atom is 0.488 e. The number of nitrogens with zero attached hydrogens (tertiary/aromatic N) is 2. The minimum Gasteiger partial charge on any atom is -0.494 e. The molecule has 8 aromatic rings. The molecule has 6 aromatic carbocycles. The summed E-state index contributed by atoms with van der Waals surface area (Å²) in [5, 5.41) is 35.3. The van der Waals surface area contributed by atoms with Gasteiger partial charge in [0.05, 0.1) is 44.1 Å². The lowest BCUT2D eigenvalue weighted by atomic mass is 9.77. The molecule has 80 heavy (non-hydrogen) atoms. The highest BCUT2D eigenvalue weighted by molar-refractivity contribution is 14.1. The number of carbonyl (C=O) groups is 2. The van der Waals surface area contributed by atoms with Crippen LogP contribution in [-0.4, -0.2) is 64.3 Å². The van der Waals surface area contributed by atoms with Crippen molar-refractivity contribution in [3.05, 3.63) is 205 Å². The van der Waals surface area contributed by atoms with Gasteiger partial charge in [-0.3, -0.25) is 9.59 Å². The molecule has 2 aromatic heterocycles. The van der Waals surface area contributed by atoms with Gasteiger partial charge in [-0.25, -0.2) is 0 Å². The number of aryl methyl sites for hydroxylation is 4. The Morgan fingerprint density at radius 2 is 1.05 bits per heavy atom. The largest absolute Gasteiger partial charge is 0.494 e. The monoisotopic (exact) mass is 1200 g/mol. The second-order valence-corrected chi connectivity index (χ2v) is 20.4. The third kappa shape index (κ3) is 19.2. The van der Waals surface area contributed by atoms with E-state index in [2.05, 4.69) is 116 Å². The molecule has 2 heterocycles. The summed E-state index contributed by atoms with van der Waals surface area (Å²) in [5.74, 6) is 1.43. The number of carboxylic acid groups (broad SMARTS) is 1. The van der Waals surface area contributed by atoms with Gasteiger partial charge in [-0.1, -0.05) is 97.7 Å². The highest BCUT2D eigenvalue weighted by atomic mass is 127. The highest BCUT2D eigenvalue weighted by Crippen LogP contribution is 2.33. The predicted molar refractivity (Wildman–Crippen MR) is 319 cm³/mol. The first kappa shape index (κ1) is 61.8. The van der Waals surface area contributed by atoms with Crippen molar-refractivity contribution < 1.29 is 57.5 Å². The molecule has 0 saturated heterocycles. The van der Waals surface area contributed by atoms with Gasteiger partial charge in [0.2, 0.25) is 0 Å². The van der Waals surface area contributed by atoms with Crippen LogP contribution < -0.4 is 24.4 Å². The smallest absolute Gasteiger partial charge is 0.488 e. The quantitative estimate of drug-likeness (QED) is 0.0212. The Kier molecular flexibility index (Phi) is 24.7. The fraction of sp³-hybridized carbons (Fsp3) is 0.312. The van der Waals surface area contributed by atoms with E-state index in [9.17, 15) is 14.7 Å². The molecular weight excluding hydrogens is 1130 g/mol. The number of rotatable bonds is 25. The molecule has 14 nitrogen and oxygen atoms in total. The van der Waals surface area contributed by atoms with Gasteiger partial charge < -0.3 is 47.9 Å². The summed E-state index contributed by atoms with van der Waals surface area (Å²) >= 11 is 2.33. The van der Waals surface area contributed by atoms with E-state index in [-0.39, 0.29) is 30.6 Å². The lowest BCUT2D eigenvalue weighted by Crippen LogP contribution is -2.31. The minimum absolute atomic E-state index is 0.0653. The van der Waals surface area contributed by atoms with E-state index in [1.807, 2.05) is 67.6 Å². The second-order valence-electron chi connectivity index (χ2n) is 19.3. The van der Waals surface area contributed by atoms with Crippen molar-refractivity contribution in [3.8, 4) is 34.1 Å². The number of ether oxygens (including phenoxy) is 5. The fourth-order valence-corrected chi connectivity index (χ4v) is 9.16. The van der Waals surface area contributed by atoms with Crippen molar-refractivity contribution in [1.82, 2.24) is 10.3 Å². The average Bonchev–Trinajstić information content (AvgIpc) is 4.20. The topological polar surface area (TPSA) is 193 Å². The summed E-state index contributed by atoms with van der Waals surface area (Å²) in [7, 11) is -1.41. The summed E-state index contributed by atoms with van der Waals surface area (Å²) in [5.41, 5.74) is 12.7. The second kappa shape index (κ2) is 32.0. The Morgan fingerprint density at radius 1 is 0.550 bits per heavy atom. The van der Waals surface area contributed by atoms with Crippen LogP contribution in [0.1, 0.15) is 127 Å². The first-order chi connectivity index (χ1) is 38.6. The number of halogens is 1. The molecule has 0 aliphatic rings. The number of carbonyl (C=O) groups excluding carboxylic acids is 1. The Morgan fingerprint density at radius 3 is 1.51 bits per heavy atom. The standard InChI is InChI=1S/C31H33NO5.C22H22INO4.C11H17BO3/c1-4-5-15-35-26-12-13-27(22(3)17-26)28-18-23(7-6-21(28)2)20-36-25-10-8-24(9-11-25)29(19-31(33)34)30-14-16-37-32-30;1-3-26-22(25)13-19(21-10-11-28-24-21)17-6-8-18(9-7-17)27-14-16-5-4-15(2)20(23)12-16;1-3-4-7-15-10-5-6-11(12(13)14)9(2)8-10/h6-14,16-18,29H,4-5,15,19-20H2,1-3H3,(H,33,34);4-12,19H,3,13-14H2,1-2H3;5-6,8,13-14H,3-4,7H2,1-2H3/t29-;19-;/m00./s1. The molecule has 3 N–H and O–H groups in total. The van der Waals surface area contributed by atoms with Gasteiger partial charge in [0.1, 0.15) is 48.7 Å². The van der Waals surface area contributed by atoms with Gasteiger partial charge in [0, 0.05) is 27.5 Å². The Bertz CT molecular complexity index is 3150. The van der Waals surface area contributed by atoms with Crippen LogP contribution in [0.15, 0.2) is 155 Å². The first-order valence-electron chi connectivity index (χ1n) is 27.0. The van der Waals surface area contributed by atoms with Crippen LogP contribution >= 0.6 is 22.6 Å². The highest BCUT2D eigenvalue weighted by Gasteiger charge is 2.23. The van der Waals surface area contributed by atoms with E-state index in [0.717, 1.165) is 77.4 Å². The Hall–Kier alpha value is -7.41. The number of hydrogen-bond donors (Lipinski definition) is 3. The van der Waals surface area contributed by atoms with Crippen molar-refractivity contribution in [2.45, 2.75) is 112 Å². The molecule has 0 spiro atoms. The number of aromatic nitrogens is 2. The molecule has 0 fully saturated rings. The molecule has 0 unspecified atom stereocenters. The molecular formula is C64H72BIN2O12. The van der Waals surface area contributed by atoms with E-state index in [1.54, 1.807) is 31.2 Å². The average molecular weight is 1200 g/mol. The number of unbranched alkanes of at least 4 members (excludes halogenated alkanes) is 2. The van der Waals surface area contributed by atoms with E-state index >= 15 is 0 Å². The number of carboxylic acids is 1. The molecule has 8 rings (SSSR count). The van der Waals surface area contributed by atoms with E-state index in [0.29, 0.717) is 49.0 Å². The first-order valence-corrected chi connectivity index (χ1v) is 28.0. The van der Waals surface area contributed by atoms with Crippen LogP contribution in [0.4, 0.5) is 0 Å². The van der Waals surface area contributed by atoms with Gasteiger partial charge in [-0.05, 0) is 192 Å². The lowest BCUT2D eigenvalue weighted by Gasteiger charge is -2.15. The summed E-state index contributed by atoms with van der Waals surface area (Å²) < 4.78 is 39.5. The molecule has 0 amide bonds. The van der Waals surface area contributed by atoms with Crippen molar-refractivity contribution in [1.29, 1.82) is 0 Å². The summed E-state index contributed by atoms with van der Waals surface area (Å²) in [6.07, 6.45) is 7.41.